The molecule has 0 saturated heterocycles. The summed E-state index contributed by atoms with van der Waals surface area (Å²) in [6.07, 6.45) is 3.13. The van der Waals surface area contributed by atoms with Crippen molar-refractivity contribution in [3.63, 3.8) is 0 Å². The van der Waals surface area contributed by atoms with Crippen molar-refractivity contribution in [1.29, 1.82) is 0 Å². The number of nitrogens with zero attached hydrogens (tertiary/aromatic N) is 1. The molecule has 1 saturated carbocycles. The topological polar surface area (TPSA) is 34.0 Å². The number of carbonyl (C=O) groups is 1. The number of nitrogens with one attached hydrogen (secondary N) is 1. The van der Waals surface area contributed by atoms with E-state index in [1.165, 1.54) is 6.42 Å². The van der Waals surface area contributed by atoms with E-state index in [9.17, 15) is 4.79 Å². The molecule has 0 radical (unpaired) electrons. The summed E-state index contributed by atoms with van der Waals surface area (Å²) in [4.78, 5) is 11.8. The van der Waals surface area contributed by atoms with E-state index in [-0.39, 0.29) is 5.91 Å². The highest BCUT2D eigenvalue weighted by molar-refractivity contribution is 9.10. The van der Waals surface area contributed by atoms with Gasteiger partial charge in [-0.15, -0.1) is 0 Å². The maximum absolute atomic E-state index is 11.8. The highest BCUT2D eigenvalue weighted by Gasteiger charge is 2.32. The largest absolute Gasteiger partial charge is 0.350 e. The van der Waals surface area contributed by atoms with Gasteiger partial charge in [0.1, 0.15) is 5.69 Å². The zero-order valence-corrected chi connectivity index (χ0v) is 10.5. The summed E-state index contributed by atoms with van der Waals surface area (Å²) in [7, 11) is 1.87. The Hall–Kier alpha value is -0.770. The lowest BCUT2D eigenvalue weighted by atomic mass is 10.3. The van der Waals surface area contributed by atoms with Crippen LogP contribution in [0.25, 0.3) is 0 Å². The molecule has 3 nitrogen and oxygen atoms in total. The van der Waals surface area contributed by atoms with Crippen LogP contribution in [0.1, 0.15) is 23.8 Å². The summed E-state index contributed by atoms with van der Waals surface area (Å²) < 4.78 is 2.77. The maximum Gasteiger partial charge on any atom is 0.267 e. The van der Waals surface area contributed by atoms with Crippen LogP contribution in [0.2, 0.25) is 0 Å². The number of halogens is 1. The lowest BCUT2D eigenvalue weighted by Crippen LogP contribution is -2.27. The fourth-order valence-electron chi connectivity index (χ4n) is 1.75. The molecule has 2 unspecified atom stereocenters. The van der Waals surface area contributed by atoms with Gasteiger partial charge in [-0.25, -0.2) is 0 Å². The van der Waals surface area contributed by atoms with Crippen molar-refractivity contribution in [3.05, 3.63) is 22.4 Å². The van der Waals surface area contributed by atoms with Gasteiger partial charge in [-0.2, -0.15) is 0 Å². The van der Waals surface area contributed by atoms with Crippen molar-refractivity contribution >= 4 is 21.8 Å². The molecule has 82 valence electrons. The third kappa shape index (κ3) is 2.43. The van der Waals surface area contributed by atoms with Crippen LogP contribution in [0.3, 0.4) is 0 Å². The zero-order chi connectivity index (χ0) is 11.0. The molecule has 0 bridgehead atoms. The number of hydrogen-bond donors (Lipinski definition) is 1. The van der Waals surface area contributed by atoms with Crippen LogP contribution in [-0.4, -0.2) is 17.0 Å². The summed E-state index contributed by atoms with van der Waals surface area (Å²) >= 11 is 3.35. The van der Waals surface area contributed by atoms with Gasteiger partial charge in [0.25, 0.3) is 5.91 Å². The fraction of sp³-hybridized carbons (Fsp3) is 0.545. The number of rotatable bonds is 3. The molecule has 1 fully saturated rings. The third-order valence-electron chi connectivity index (χ3n) is 3.01. The normalized spacial score (nSPS) is 23.9. The van der Waals surface area contributed by atoms with E-state index in [0.717, 1.165) is 16.9 Å². The van der Waals surface area contributed by atoms with Crippen LogP contribution >= 0.6 is 15.9 Å². The molecular formula is C11H15BrN2O. The molecule has 1 amide bonds. The third-order valence-corrected chi connectivity index (χ3v) is 3.44. The molecule has 1 heterocycles. The molecule has 1 aromatic heterocycles. The van der Waals surface area contributed by atoms with Crippen LogP contribution in [-0.2, 0) is 7.05 Å². The molecule has 2 rings (SSSR count). The van der Waals surface area contributed by atoms with Crippen LogP contribution in [0.15, 0.2) is 16.7 Å². The Morgan fingerprint density at radius 2 is 2.40 bits per heavy atom. The van der Waals surface area contributed by atoms with Crippen molar-refractivity contribution in [2.75, 3.05) is 6.54 Å². The van der Waals surface area contributed by atoms with Gasteiger partial charge in [0.2, 0.25) is 0 Å². The van der Waals surface area contributed by atoms with Crippen LogP contribution in [0.5, 0.6) is 0 Å². The van der Waals surface area contributed by atoms with E-state index in [4.69, 9.17) is 0 Å². The van der Waals surface area contributed by atoms with Crippen molar-refractivity contribution in [3.8, 4) is 0 Å². The minimum absolute atomic E-state index is 0.0160. The first-order chi connectivity index (χ1) is 7.08. The lowest BCUT2D eigenvalue weighted by molar-refractivity contribution is 0.0943. The van der Waals surface area contributed by atoms with E-state index in [2.05, 4.69) is 28.2 Å². The first-order valence-corrected chi connectivity index (χ1v) is 5.97. The summed E-state index contributed by atoms with van der Waals surface area (Å²) in [5.41, 5.74) is 0.704. The predicted molar refractivity (Wildman–Crippen MR) is 62.7 cm³/mol. The average molecular weight is 271 g/mol. The minimum Gasteiger partial charge on any atom is -0.350 e. The van der Waals surface area contributed by atoms with Gasteiger partial charge in [0.15, 0.2) is 0 Å². The number of amides is 1. The number of carbonyl (C=O) groups excluding carboxylic acids is 1. The molecule has 1 aliphatic rings. The van der Waals surface area contributed by atoms with Gasteiger partial charge in [0.05, 0.1) is 0 Å². The van der Waals surface area contributed by atoms with Crippen LogP contribution < -0.4 is 5.32 Å². The monoisotopic (exact) mass is 270 g/mol. The van der Waals surface area contributed by atoms with E-state index in [0.29, 0.717) is 11.6 Å². The minimum atomic E-state index is 0.0160. The van der Waals surface area contributed by atoms with Gasteiger partial charge in [-0.3, -0.25) is 4.79 Å². The Bertz CT molecular complexity index is 386. The van der Waals surface area contributed by atoms with Gasteiger partial charge >= 0.3 is 0 Å². The molecule has 1 aliphatic carbocycles. The summed E-state index contributed by atoms with van der Waals surface area (Å²) in [6.45, 7) is 3.03. The Labute approximate surface area is 98.0 Å². The Balaban J connectivity index is 1.92. The quantitative estimate of drug-likeness (QED) is 0.898. The Morgan fingerprint density at radius 1 is 1.73 bits per heavy atom. The number of hydrogen-bond acceptors (Lipinski definition) is 1. The average Bonchev–Trinajstić information content (AvgIpc) is 2.76. The molecule has 2 atom stereocenters. The summed E-state index contributed by atoms with van der Waals surface area (Å²) in [5, 5.41) is 2.96. The van der Waals surface area contributed by atoms with Crippen molar-refractivity contribution in [2.24, 2.45) is 18.9 Å². The van der Waals surface area contributed by atoms with E-state index in [1.807, 2.05) is 23.9 Å². The number of aromatic nitrogens is 1. The van der Waals surface area contributed by atoms with Crippen molar-refractivity contribution < 1.29 is 4.79 Å². The van der Waals surface area contributed by atoms with Gasteiger partial charge in [-0.05, 0) is 40.3 Å². The molecule has 15 heavy (non-hydrogen) atoms. The second kappa shape index (κ2) is 4.00. The van der Waals surface area contributed by atoms with Crippen LogP contribution in [0, 0.1) is 11.8 Å². The highest BCUT2D eigenvalue weighted by Crippen LogP contribution is 2.36. The van der Waals surface area contributed by atoms with Crippen molar-refractivity contribution in [1.82, 2.24) is 9.88 Å². The SMILES string of the molecule is CC1CC1CNC(=O)c1cc(Br)cn1C. The van der Waals surface area contributed by atoms with E-state index >= 15 is 0 Å². The maximum atomic E-state index is 11.8. The summed E-state index contributed by atoms with van der Waals surface area (Å²) in [5.74, 6) is 1.49. The molecule has 1 N–H and O–H groups in total. The molecule has 0 spiro atoms. The van der Waals surface area contributed by atoms with Crippen LogP contribution in [0.4, 0.5) is 0 Å². The standard InChI is InChI=1S/C11H15BrN2O/c1-7-3-8(7)5-13-11(15)10-4-9(12)6-14(10)2/h4,6-8H,3,5H2,1-2H3,(H,13,15). The smallest absolute Gasteiger partial charge is 0.267 e. The fourth-order valence-corrected chi connectivity index (χ4v) is 2.27. The number of aryl methyl sites for hydroxylation is 1. The molecular weight excluding hydrogens is 256 g/mol. The molecule has 1 aromatic rings. The lowest BCUT2D eigenvalue weighted by Gasteiger charge is -2.04. The van der Waals surface area contributed by atoms with Gasteiger partial charge < -0.3 is 9.88 Å². The molecule has 4 heteroatoms. The van der Waals surface area contributed by atoms with Gasteiger partial charge in [0, 0.05) is 24.3 Å². The summed E-state index contributed by atoms with van der Waals surface area (Å²) in [6, 6.07) is 1.84. The second-order valence-electron chi connectivity index (χ2n) is 4.34. The first-order valence-electron chi connectivity index (χ1n) is 5.18. The predicted octanol–water partition coefficient (Wildman–Crippen LogP) is 2.17. The van der Waals surface area contributed by atoms with Crippen molar-refractivity contribution in [2.45, 2.75) is 13.3 Å². The Morgan fingerprint density at radius 3 is 2.87 bits per heavy atom. The van der Waals surface area contributed by atoms with E-state index in [1.54, 1.807) is 0 Å². The van der Waals surface area contributed by atoms with E-state index < -0.39 is 0 Å². The second-order valence-corrected chi connectivity index (χ2v) is 5.25. The van der Waals surface area contributed by atoms with Gasteiger partial charge in [-0.1, -0.05) is 6.92 Å². The first kappa shape index (κ1) is 10.7. The molecule has 0 aromatic carbocycles. The highest BCUT2D eigenvalue weighted by atomic mass is 79.9. The Kier molecular flexibility index (Phi) is 2.87. The zero-order valence-electron chi connectivity index (χ0n) is 8.96. The molecule has 0 aliphatic heterocycles.